The SMILES string of the molecule is CC1CN(C(=O)C2CCCCC2)C(C)(C)CN1. The first-order valence-electron chi connectivity index (χ1n) is 7.05. The summed E-state index contributed by atoms with van der Waals surface area (Å²) in [5, 5.41) is 3.47. The second kappa shape index (κ2) is 4.97. The molecule has 1 heterocycles. The van der Waals surface area contributed by atoms with Crippen molar-refractivity contribution in [2.45, 2.75) is 64.5 Å². The highest BCUT2D eigenvalue weighted by atomic mass is 16.2. The average molecular weight is 238 g/mol. The van der Waals surface area contributed by atoms with Crippen molar-refractivity contribution in [1.82, 2.24) is 10.2 Å². The van der Waals surface area contributed by atoms with Gasteiger partial charge in [0.1, 0.15) is 0 Å². The molecule has 0 aromatic heterocycles. The fourth-order valence-electron chi connectivity index (χ4n) is 3.06. The van der Waals surface area contributed by atoms with Gasteiger partial charge >= 0.3 is 0 Å². The molecule has 3 nitrogen and oxygen atoms in total. The van der Waals surface area contributed by atoms with Crippen molar-refractivity contribution < 1.29 is 4.79 Å². The number of amides is 1. The first-order valence-corrected chi connectivity index (χ1v) is 7.05. The number of nitrogens with one attached hydrogen (secondary N) is 1. The largest absolute Gasteiger partial charge is 0.335 e. The van der Waals surface area contributed by atoms with E-state index in [-0.39, 0.29) is 5.54 Å². The quantitative estimate of drug-likeness (QED) is 0.759. The molecule has 0 bridgehead atoms. The minimum absolute atomic E-state index is 0.0267. The third-order valence-corrected chi connectivity index (χ3v) is 4.29. The Labute approximate surface area is 105 Å². The van der Waals surface area contributed by atoms with Gasteiger partial charge in [-0.2, -0.15) is 0 Å². The van der Waals surface area contributed by atoms with Crippen molar-refractivity contribution in [2.75, 3.05) is 13.1 Å². The molecular formula is C14H26N2O. The number of hydrogen-bond donors (Lipinski definition) is 1. The number of hydrogen-bond acceptors (Lipinski definition) is 2. The molecule has 0 spiro atoms. The van der Waals surface area contributed by atoms with Crippen LogP contribution in [0.2, 0.25) is 0 Å². The lowest BCUT2D eigenvalue weighted by molar-refractivity contribution is -0.144. The number of rotatable bonds is 1. The van der Waals surface area contributed by atoms with Gasteiger partial charge in [0.25, 0.3) is 0 Å². The summed E-state index contributed by atoms with van der Waals surface area (Å²) >= 11 is 0. The maximum Gasteiger partial charge on any atom is 0.226 e. The zero-order chi connectivity index (χ0) is 12.5. The average Bonchev–Trinajstić information content (AvgIpc) is 2.33. The number of piperazine rings is 1. The van der Waals surface area contributed by atoms with Crippen LogP contribution < -0.4 is 5.32 Å². The van der Waals surface area contributed by atoms with Gasteiger partial charge in [-0.05, 0) is 33.6 Å². The van der Waals surface area contributed by atoms with Crippen molar-refractivity contribution in [3.05, 3.63) is 0 Å². The molecule has 0 radical (unpaired) electrons. The molecule has 98 valence electrons. The highest BCUT2D eigenvalue weighted by molar-refractivity contribution is 5.80. The fraction of sp³-hybridized carbons (Fsp3) is 0.929. The Morgan fingerprint density at radius 1 is 1.24 bits per heavy atom. The van der Waals surface area contributed by atoms with E-state index in [1.54, 1.807) is 0 Å². The van der Waals surface area contributed by atoms with Crippen molar-refractivity contribution in [1.29, 1.82) is 0 Å². The van der Waals surface area contributed by atoms with E-state index in [0.717, 1.165) is 25.9 Å². The predicted molar refractivity (Wildman–Crippen MR) is 69.8 cm³/mol. The molecular weight excluding hydrogens is 212 g/mol. The standard InChI is InChI=1S/C14H26N2O/c1-11-9-16(14(2,3)10-15-11)13(17)12-7-5-4-6-8-12/h11-12,15H,4-10H2,1-3H3. The van der Waals surface area contributed by atoms with Crippen LogP contribution in [0.25, 0.3) is 0 Å². The van der Waals surface area contributed by atoms with Crippen LogP contribution in [0.3, 0.4) is 0 Å². The Bertz CT molecular complexity index is 282. The van der Waals surface area contributed by atoms with Gasteiger partial charge in [-0.1, -0.05) is 19.3 Å². The summed E-state index contributed by atoms with van der Waals surface area (Å²) in [5.74, 6) is 0.705. The van der Waals surface area contributed by atoms with E-state index in [0.29, 0.717) is 17.9 Å². The second-order valence-corrected chi connectivity index (χ2v) is 6.38. The van der Waals surface area contributed by atoms with E-state index in [9.17, 15) is 4.79 Å². The summed E-state index contributed by atoms with van der Waals surface area (Å²) in [4.78, 5) is 14.7. The van der Waals surface area contributed by atoms with Gasteiger partial charge in [0.2, 0.25) is 5.91 Å². The van der Waals surface area contributed by atoms with Crippen LogP contribution in [0.15, 0.2) is 0 Å². The van der Waals surface area contributed by atoms with Crippen LogP contribution in [0.4, 0.5) is 0 Å². The van der Waals surface area contributed by atoms with E-state index in [1.165, 1.54) is 19.3 Å². The van der Waals surface area contributed by atoms with Crippen molar-refractivity contribution in [3.63, 3.8) is 0 Å². The van der Waals surface area contributed by atoms with E-state index >= 15 is 0 Å². The Balaban J connectivity index is 2.05. The van der Waals surface area contributed by atoms with Gasteiger partial charge < -0.3 is 10.2 Å². The molecule has 1 N–H and O–H groups in total. The van der Waals surface area contributed by atoms with Gasteiger partial charge in [0, 0.05) is 30.6 Å². The molecule has 1 aliphatic heterocycles. The van der Waals surface area contributed by atoms with Crippen molar-refractivity contribution in [3.8, 4) is 0 Å². The Morgan fingerprint density at radius 2 is 1.88 bits per heavy atom. The van der Waals surface area contributed by atoms with Crippen LogP contribution in [0.5, 0.6) is 0 Å². The monoisotopic (exact) mass is 238 g/mol. The molecule has 1 saturated carbocycles. The van der Waals surface area contributed by atoms with Gasteiger partial charge in [0.05, 0.1) is 0 Å². The fourth-order valence-corrected chi connectivity index (χ4v) is 3.06. The molecule has 1 atom stereocenters. The topological polar surface area (TPSA) is 32.3 Å². The molecule has 1 aliphatic carbocycles. The van der Waals surface area contributed by atoms with Crippen LogP contribution >= 0.6 is 0 Å². The third-order valence-electron chi connectivity index (χ3n) is 4.29. The summed E-state index contributed by atoms with van der Waals surface area (Å²) in [5.41, 5.74) is -0.0267. The lowest BCUT2D eigenvalue weighted by Crippen LogP contribution is -2.63. The second-order valence-electron chi connectivity index (χ2n) is 6.38. The van der Waals surface area contributed by atoms with E-state index in [1.807, 2.05) is 0 Å². The molecule has 1 unspecified atom stereocenters. The summed E-state index contributed by atoms with van der Waals surface area (Å²) in [6.07, 6.45) is 5.99. The normalized spacial score (nSPS) is 30.3. The number of carbonyl (C=O) groups is 1. The molecule has 2 fully saturated rings. The first kappa shape index (κ1) is 12.9. The molecule has 0 aromatic rings. The molecule has 2 aliphatic rings. The molecule has 1 saturated heterocycles. The zero-order valence-electron chi connectivity index (χ0n) is 11.5. The highest BCUT2D eigenvalue weighted by Gasteiger charge is 2.38. The minimum atomic E-state index is -0.0267. The van der Waals surface area contributed by atoms with E-state index < -0.39 is 0 Å². The van der Waals surface area contributed by atoms with Gasteiger partial charge in [0.15, 0.2) is 0 Å². The number of nitrogens with zero attached hydrogens (tertiary/aromatic N) is 1. The van der Waals surface area contributed by atoms with Crippen molar-refractivity contribution >= 4 is 5.91 Å². The third kappa shape index (κ3) is 2.82. The summed E-state index contributed by atoms with van der Waals surface area (Å²) in [7, 11) is 0. The maximum atomic E-state index is 12.6. The zero-order valence-corrected chi connectivity index (χ0v) is 11.5. The summed E-state index contributed by atoms with van der Waals surface area (Å²) < 4.78 is 0. The first-order chi connectivity index (χ1) is 8.00. The van der Waals surface area contributed by atoms with Gasteiger partial charge in [-0.25, -0.2) is 0 Å². The van der Waals surface area contributed by atoms with Crippen molar-refractivity contribution in [2.24, 2.45) is 5.92 Å². The molecule has 17 heavy (non-hydrogen) atoms. The molecule has 3 heteroatoms. The molecule has 2 rings (SSSR count). The molecule has 0 aromatic carbocycles. The van der Waals surface area contributed by atoms with Gasteiger partial charge in [-0.3, -0.25) is 4.79 Å². The van der Waals surface area contributed by atoms with Gasteiger partial charge in [-0.15, -0.1) is 0 Å². The van der Waals surface area contributed by atoms with E-state index in [2.05, 4.69) is 31.0 Å². The lowest BCUT2D eigenvalue weighted by atomic mass is 9.86. The number of carbonyl (C=O) groups excluding carboxylic acids is 1. The van der Waals surface area contributed by atoms with Crippen LogP contribution in [-0.4, -0.2) is 35.5 Å². The Morgan fingerprint density at radius 3 is 2.53 bits per heavy atom. The Hall–Kier alpha value is -0.570. The maximum absolute atomic E-state index is 12.6. The summed E-state index contributed by atoms with van der Waals surface area (Å²) in [6, 6.07) is 0.426. The lowest BCUT2D eigenvalue weighted by Gasteiger charge is -2.47. The molecule has 1 amide bonds. The Kier molecular flexibility index (Phi) is 3.76. The smallest absolute Gasteiger partial charge is 0.226 e. The van der Waals surface area contributed by atoms with Crippen LogP contribution in [0, 0.1) is 5.92 Å². The highest BCUT2D eigenvalue weighted by Crippen LogP contribution is 2.29. The van der Waals surface area contributed by atoms with Crippen LogP contribution in [-0.2, 0) is 4.79 Å². The van der Waals surface area contributed by atoms with E-state index in [4.69, 9.17) is 0 Å². The minimum Gasteiger partial charge on any atom is -0.335 e. The summed E-state index contributed by atoms with van der Waals surface area (Å²) in [6.45, 7) is 8.28. The van der Waals surface area contributed by atoms with Crippen LogP contribution in [0.1, 0.15) is 52.9 Å². The predicted octanol–water partition coefficient (Wildman–Crippen LogP) is 2.17.